The van der Waals surface area contributed by atoms with Gasteiger partial charge in [0.1, 0.15) is 30.8 Å². The van der Waals surface area contributed by atoms with Crippen molar-refractivity contribution in [2.75, 3.05) is 19.7 Å². The fraction of sp³-hybridized carbons (Fsp3) is 0.562. The average molecular weight is 278 g/mol. The van der Waals surface area contributed by atoms with Crippen molar-refractivity contribution >= 4 is 5.78 Å². The van der Waals surface area contributed by atoms with E-state index in [4.69, 9.17) is 4.74 Å². The second-order valence-corrected chi connectivity index (χ2v) is 5.82. The second kappa shape index (κ2) is 6.86. The molecule has 1 aliphatic rings. The first-order valence-electron chi connectivity index (χ1n) is 7.29. The van der Waals surface area contributed by atoms with E-state index >= 15 is 0 Å². The summed E-state index contributed by atoms with van der Waals surface area (Å²) >= 11 is 0. The minimum absolute atomic E-state index is 0.100. The molecule has 110 valence electrons. The van der Waals surface area contributed by atoms with E-state index in [0.29, 0.717) is 25.4 Å². The summed E-state index contributed by atoms with van der Waals surface area (Å²) in [6.07, 6.45) is 0.107. The molecule has 0 aromatic heterocycles. The second-order valence-electron chi connectivity index (χ2n) is 5.82. The molecule has 0 amide bonds. The van der Waals surface area contributed by atoms with Gasteiger partial charge in [-0.05, 0) is 19.1 Å². The fourth-order valence-corrected chi connectivity index (χ4v) is 2.71. The first kappa shape index (κ1) is 15.0. The molecule has 2 N–H and O–H groups in total. The number of benzene rings is 1. The van der Waals surface area contributed by atoms with Crippen LogP contribution in [0.4, 0.5) is 0 Å². The number of carbonyl (C=O) groups excluding carboxylic acids is 1. The number of aliphatic hydroxyl groups excluding tert-OH is 1. The zero-order valence-corrected chi connectivity index (χ0v) is 12.2. The van der Waals surface area contributed by atoms with Crippen LogP contribution in [0.2, 0.25) is 0 Å². The van der Waals surface area contributed by atoms with Crippen molar-refractivity contribution in [2.45, 2.75) is 32.4 Å². The van der Waals surface area contributed by atoms with Gasteiger partial charge in [-0.15, -0.1) is 0 Å². The monoisotopic (exact) mass is 278 g/mol. The first-order chi connectivity index (χ1) is 9.56. The first-order valence-corrected chi connectivity index (χ1v) is 7.29. The summed E-state index contributed by atoms with van der Waals surface area (Å²) in [5, 5.41) is 10.1. The molecule has 0 saturated carbocycles. The van der Waals surface area contributed by atoms with Gasteiger partial charge in [-0.2, -0.15) is 0 Å². The Morgan fingerprint density at radius 2 is 2.05 bits per heavy atom. The lowest BCUT2D eigenvalue weighted by molar-refractivity contribution is -0.930. The van der Waals surface area contributed by atoms with Crippen LogP contribution in [0.3, 0.4) is 0 Å². The maximum atomic E-state index is 11.6. The Morgan fingerprint density at radius 1 is 1.35 bits per heavy atom. The number of rotatable bonds is 5. The molecular weight excluding hydrogens is 254 g/mol. The summed E-state index contributed by atoms with van der Waals surface area (Å²) in [4.78, 5) is 12.9. The molecule has 4 nitrogen and oxygen atoms in total. The summed E-state index contributed by atoms with van der Waals surface area (Å²) in [6.45, 7) is 5.78. The van der Waals surface area contributed by atoms with Crippen molar-refractivity contribution in [1.82, 2.24) is 0 Å². The number of nitrogens with one attached hydrogen (secondary N) is 1. The third kappa shape index (κ3) is 4.05. The van der Waals surface area contributed by atoms with Crippen LogP contribution in [0.15, 0.2) is 30.3 Å². The lowest BCUT2D eigenvalue weighted by atomic mass is 9.93. The predicted octanol–water partition coefficient (Wildman–Crippen LogP) is 0.309. The topological polar surface area (TPSA) is 51.0 Å². The summed E-state index contributed by atoms with van der Waals surface area (Å²) in [7, 11) is 0. The molecule has 0 spiro atoms. The minimum Gasteiger partial charge on any atom is -0.491 e. The van der Waals surface area contributed by atoms with Gasteiger partial charge in [0, 0.05) is 0 Å². The van der Waals surface area contributed by atoms with E-state index in [2.05, 4.69) is 6.92 Å². The van der Waals surface area contributed by atoms with Crippen molar-refractivity contribution in [2.24, 2.45) is 5.92 Å². The number of carbonyl (C=O) groups is 1. The Bertz CT molecular complexity index is 435. The molecule has 0 bridgehead atoms. The van der Waals surface area contributed by atoms with E-state index in [1.807, 2.05) is 37.3 Å². The molecule has 4 atom stereocenters. The smallest absolute Gasteiger partial charge is 0.147 e. The van der Waals surface area contributed by atoms with Gasteiger partial charge in [-0.3, -0.25) is 4.79 Å². The van der Waals surface area contributed by atoms with E-state index in [-0.39, 0.29) is 12.0 Å². The number of quaternary nitrogens is 1. The van der Waals surface area contributed by atoms with Gasteiger partial charge in [-0.25, -0.2) is 0 Å². The van der Waals surface area contributed by atoms with Gasteiger partial charge in [0.05, 0.1) is 24.9 Å². The third-order valence-corrected chi connectivity index (χ3v) is 4.01. The molecule has 0 aliphatic carbocycles. The van der Waals surface area contributed by atoms with E-state index < -0.39 is 6.10 Å². The average Bonchev–Trinajstić information content (AvgIpc) is 2.44. The molecule has 1 aromatic carbocycles. The summed E-state index contributed by atoms with van der Waals surface area (Å²) in [5.74, 6) is 1.22. The standard InChI is InChI=1S/C16H23NO3/c1-12-9-17(13(2)8-16(12)19)10-14(18)11-20-15-6-4-3-5-7-15/h3-7,12-14,18H,8-11H2,1-2H3/p+1. The number of ketones is 1. The lowest BCUT2D eigenvalue weighted by Gasteiger charge is -2.33. The molecule has 1 heterocycles. The molecule has 1 aromatic rings. The molecular formula is C16H24NO3+. The SMILES string of the molecule is CC1C[NH+](CC(O)COc2ccccc2)C(C)CC1=O. The van der Waals surface area contributed by atoms with Gasteiger partial charge >= 0.3 is 0 Å². The third-order valence-electron chi connectivity index (χ3n) is 4.01. The normalized spacial score (nSPS) is 28.1. The van der Waals surface area contributed by atoms with Crippen LogP contribution in [-0.2, 0) is 4.79 Å². The number of likely N-dealkylation sites (tertiary alicyclic amines) is 1. The number of piperidine rings is 1. The van der Waals surface area contributed by atoms with Crippen LogP contribution in [0.25, 0.3) is 0 Å². The van der Waals surface area contributed by atoms with E-state index in [0.717, 1.165) is 12.3 Å². The van der Waals surface area contributed by atoms with Gasteiger partial charge in [-0.1, -0.05) is 25.1 Å². The van der Waals surface area contributed by atoms with Crippen LogP contribution in [0, 0.1) is 5.92 Å². The summed E-state index contributed by atoms with van der Waals surface area (Å²) in [5.41, 5.74) is 0. The number of para-hydroxylation sites is 1. The molecule has 1 aliphatic heterocycles. The number of hydrogen-bond donors (Lipinski definition) is 2. The maximum absolute atomic E-state index is 11.6. The highest BCUT2D eigenvalue weighted by Crippen LogP contribution is 2.09. The molecule has 4 heteroatoms. The number of Topliss-reactive ketones (excluding diaryl/α,β-unsaturated/α-hetero) is 1. The quantitative estimate of drug-likeness (QED) is 0.815. The van der Waals surface area contributed by atoms with E-state index in [1.54, 1.807) is 0 Å². The summed E-state index contributed by atoms with van der Waals surface area (Å²) < 4.78 is 5.56. The van der Waals surface area contributed by atoms with Gasteiger partial charge in [0.25, 0.3) is 0 Å². The molecule has 1 fully saturated rings. The highest BCUT2D eigenvalue weighted by molar-refractivity contribution is 5.81. The maximum Gasteiger partial charge on any atom is 0.147 e. The Balaban J connectivity index is 1.79. The van der Waals surface area contributed by atoms with Crippen molar-refractivity contribution in [1.29, 1.82) is 0 Å². The zero-order chi connectivity index (χ0) is 14.5. The fourth-order valence-electron chi connectivity index (χ4n) is 2.71. The Morgan fingerprint density at radius 3 is 2.75 bits per heavy atom. The van der Waals surface area contributed by atoms with E-state index in [1.165, 1.54) is 4.90 Å². The Hall–Kier alpha value is -1.39. The molecule has 2 rings (SSSR count). The number of hydrogen-bond acceptors (Lipinski definition) is 3. The molecule has 20 heavy (non-hydrogen) atoms. The Kier molecular flexibility index (Phi) is 5.15. The minimum atomic E-state index is -0.506. The number of aliphatic hydroxyl groups is 1. The number of ether oxygens (including phenoxy) is 1. The van der Waals surface area contributed by atoms with Crippen molar-refractivity contribution in [3.63, 3.8) is 0 Å². The largest absolute Gasteiger partial charge is 0.491 e. The lowest BCUT2D eigenvalue weighted by Crippen LogP contribution is -3.18. The van der Waals surface area contributed by atoms with Crippen LogP contribution in [0.5, 0.6) is 5.75 Å². The van der Waals surface area contributed by atoms with Gasteiger partial charge in [0.2, 0.25) is 0 Å². The molecule has 1 saturated heterocycles. The Labute approximate surface area is 120 Å². The van der Waals surface area contributed by atoms with Crippen molar-refractivity contribution < 1.29 is 19.5 Å². The van der Waals surface area contributed by atoms with Crippen LogP contribution >= 0.6 is 0 Å². The van der Waals surface area contributed by atoms with Crippen molar-refractivity contribution in [3.05, 3.63) is 30.3 Å². The molecule has 4 unspecified atom stereocenters. The van der Waals surface area contributed by atoms with Crippen LogP contribution in [-0.4, -0.2) is 42.7 Å². The van der Waals surface area contributed by atoms with Gasteiger partial charge in [0.15, 0.2) is 0 Å². The summed E-state index contributed by atoms with van der Waals surface area (Å²) in [6, 6.07) is 9.79. The highest BCUT2D eigenvalue weighted by Gasteiger charge is 2.33. The predicted molar refractivity (Wildman–Crippen MR) is 76.9 cm³/mol. The van der Waals surface area contributed by atoms with Crippen LogP contribution in [0.1, 0.15) is 20.3 Å². The molecule has 0 radical (unpaired) electrons. The highest BCUT2D eigenvalue weighted by atomic mass is 16.5. The van der Waals surface area contributed by atoms with Crippen molar-refractivity contribution in [3.8, 4) is 5.75 Å². The van der Waals surface area contributed by atoms with E-state index in [9.17, 15) is 9.90 Å². The zero-order valence-electron chi connectivity index (χ0n) is 12.2. The van der Waals surface area contributed by atoms with Gasteiger partial charge < -0.3 is 14.7 Å². The van der Waals surface area contributed by atoms with Crippen LogP contribution < -0.4 is 9.64 Å².